The Hall–Kier alpha value is -4.82. The van der Waals surface area contributed by atoms with E-state index in [2.05, 4.69) is 27.0 Å². The first-order valence-electron chi connectivity index (χ1n) is 13.4. The number of rotatable bonds is 6. The van der Waals surface area contributed by atoms with Gasteiger partial charge in [-0.15, -0.1) is 0 Å². The minimum atomic E-state index is -0.886. The van der Waals surface area contributed by atoms with Gasteiger partial charge in [0, 0.05) is 23.9 Å². The zero-order valence-electron chi connectivity index (χ0n) is 24.4. The van der Waals surface area contributed by atoms with Crippen LogP contribution < -0.4 is 9.64 Å². The average Bonchev–Trinajstić information content (AvgIpc) is 3.51. The third kappa shape index (κ3) is 5.53. The fraction of sp³-hybridized carbons (Fsp3) is 0.323. The number of nitriles is 1. The molecule has 1 aliphatic rings. The van der Waals surface area contributed by atoms with E-state index in [-0.39, 0.29) is 47.5 Å². The molecular formula is C31H31FN6O4. The molecule has 5 rings (SSSR count). The van der Waals surface area contributed by atoms with Gasteiger partial charge in [-0.25, -0.2) is 24.1 Å². The Bertz CT molecular complexity index is 1770. The fourth-order valence-electron chi connectivity index (χ4n) is 4.99. The van der Waals surface area contributed by atoms with Gasteiger partial charge < -0.3 is 14.4 Å². The maximum Gasteiger partial charge on any atom is 0.417 e. The topological polar surface area (TPSA) is 113 Å². The fourth-order valence-corrected chi connectivity index (χ4v) is 4.99. The molecule has 1 aliphatic heterocycles. The SMILES string of the molecule is Cc1cc(CN(C)C)ccc1-c1cnc(N(Cc2c(F)ccc3c2C(=O)CO3)C(=O)OC(C)(C)C)n2cc(C#N)nc12. The first kappa shape index (κ1) is 28.7. The van der Waals surface area contributed by atoms with Gasteiger partial charge in [0.1, 0.15) is 23.2 Å². The molecule has 0 atom stereocenters. The predicted molar refractivity (Wildman–Crippen MR) is 154 cm³/mol. The molecule has 4 aromatic rings. The number of ether oxygens (including phenoxy) is 2. The number of hydrogen-bond acceptors (Lipinski definition) is 8. The molecule has 0 aliphatic carbocycles. The highest BCUT2D eigenvalue weighted by molar-refractivity contribution is 6.04. The number of carbonyl (C=O) groups excluding carboxylic acids is 2. The van der Waals surface area contributed by atoms with Crippen molar-refractivity contribution in [2.24, 2.45) is 0 Å². The van der Waals surface area contributed by atoms with E-state index in [1.165, 1.54) is 22.7 Å². The number of hydrogen-bond donors (Lipinski definition) is 0. The molecule has 0 spiro atoms. The van der Waals surface area contributed by atoms with E-state index in [4.69, 9.17) is 9.47 Å². The summed E-state index contributed by atoms with van der Waals surface area (Å²) in [6, 6.07) is 10.7. The van der Waals surface area contributed by atoms with E-state index in [0.717, 1.165) is 28.1 Å². The molecular weight excluding hydrogens is 539 g/mol. The summed E-state index contributed by atoms with van der Waals surface area (Å²) in [7, 11) is 4.00. The number of ketones is 1. The molecule has 2 aromatic heterocycles. The number of carbonyl (C=O) groups is 2. The Morgan fingerprint density at radius 1 is 1.19 bits per heavy atom. The zero-order chi connectivity index (χ0) is 30.3. The van der Waals surface area contributed by atoms with Crippen molar-refractivity contribution in [3.8, 4) is 22.9 Å². The summed E-state index contributed by atoms with van der Waals surface area (Å²) in [5, 5.41) is 9.72. The second-order valence-electron chi connectivity index (χ2n) is 11.5. The maximum absolute atomic E-state index is 15.2. The van der Waals surface area contributed by atoms with E-state index in [9.17, 15) is 14.9 Å². The van der Waals surface area contributed by atoms with Crippen LogP contribution >= 0.6 is 0 Å². The van der Waals surface area contributed by atoms with Crippen LogP contribution in [0, 0.1) is 24.1 Å². The van der Waals surface area contributed by atoms with E-state index in [1.54, 1.807) is 27.0 Å². The first-order chi connectivity index (χ1) is 19.9. The van der Waals surface area contributed by atoms with Crippen LogP contribution in [0.1, 0.15) is 53.5 Å². The number of nitrogens with zero attached hydrogens (tertiary/aromatic N) is 6. The Kier molecular flexibility index (Phi) is 7.43. The van der Waals surface area contributed by atoms with E-state index < -0.39 is 17.5 Å². The van der Waals surface area contributed by atoms with Crippen molar-refractivity contribution in [1.29, 1.82) is 5.26 Å². The highest BCUT2D eigenvalue weighted by Crippen LogP contribution is 2.34. The number of fused-ring (bicyclic) bond motifs is 2. The first-order valence-corrected chi connectivity index (χ1v) is 13.4. The highest BCUT2D eigenvalue weighted by Gasteiger charge is 2.33. The Morgan fingerprint density at radius 2 is 1.95 bits per heavy atom. The quantitative estimate of drug-likeness (QED) is 0.307. The van der Waals surface area contributed by atoms with Crippen molar-refractivity contribution in [2.75, 3.05) is 25.6 Å². The number of halogens is 1. The molecule has 10 nitrogen and oxygen atoms in total. The van der Waals surface area contributed by atoms with Crippen LogP contribution in [0.25, 0.3) is 16.8 Å². The third-order valence-electron chi connectivity index (χ3n) is 6.69. The predicted octanol–water partition coefficient (Wildman–Crippen LogP) is 5.29. The minimum Gasteiger partial charge on any atom is -0.485 e. The van der Waals surface area contributed by atoms with Crippen LogP contribution in [0.15, 0.2) is 42.7 Å². The number of amides is 1. The van der Waals surface area contributed by atoms with Gasteiger partial charge >= 0.3 is 6.09 Å². The normalized spacial score (nSPS) is 12.8. The molecule has 216 valence electrons. The molecule has 0 fully saturated rings. The van der Waals surface area contributed by atoms with Gasteiger partial charge in [0.25, 0.3) is 0 Å². The van der Waals surface area contributed by atoms with Gasteiger partial charge in [-0.2, -0.15) is 5.26 Å². The number of benzene rings is 2. The van der Waals surface area contributed by atoms with E-state index >= 15 is 4.39 Å². The summed E-state index contributed by atoms with van der Waals surface area (Å²) in [5.41, 5.74) is 3.28. The third-order valence-corrected chi connectivity index (χ3v) is 6.69. The summed E-state index contributed by atoms with van der Waals surface area (Å²) in [6.45, 7) is 7.29. The van der Waals surface area contributed by atoms with E-state index in [1.807, 2.05) is 33.2 Å². The summed E-state index contributed by atoms with van der Waals surface area (Å²) < 4.78 is 27.8. The lowest BCUT2D eigenvalue weighted by molar-refractivity contribution is 0.0573. The zero-order valence-corrected chi connectivity index (χ0v) is 24.4. The molecule has 3 heterocycles. The van der Waals surface area contributed by atoms with Crippen LogP contribution in [0.4, 0.5) is 15.1 Å². The molecule has 0 saturated heterocycles. The molecule has 11 heteroatoms. The van der Waals surface area contributed by atoms with Crippen molar-refractivity contribution in [2.45, 2.75) is 46.4 Å². The highest BCUT2D eigenvalue weighted by atomic mass is 19.1. The van der Waals surface area contributed by atoms with Crippen molar-refractivity contribution >= 4 is 23.5 Å². The van der Waals surface area contributed by atoms with Crippen LogP contribution in [-0.4, -0.2) is 57.4 Å². The van der Waals surface area contributed by atoms with E-state index in [0.29, 0.717) is 11.2 Å². The molecule has 0 radical (unpaired) electrons. The van der Waals surface area contributed by atoms with Crippen molar-refractivity contribution in [3.63, 3.8) is 0 Å². The molecule has 42 heavy (non-hydrogen) atoms. The summed E-state index contributed by atoms with van der Waals surface area (Å²) in [6.07, 6.45) is 2.22. The summed E-state index contributed by atoms with van der Waals surface area (Å²) in [5.74, 6) is -0.774. The van der Waals surface area contributed by atoms with Crippen LogP contribution in [0.2, 0.25) is 0 Å². The second-order valence-corrected chi connectivity index (χ2v) is 11.5. The molecule has 0 N–H and O–H groups in total. The largest absolute Gasteiger partial charge is 0.485 e. The molecule has 2 aromatic carbocycles. The number of anilines is 1. The van der Waals surface area contributed by atoms with Gasteiger partial charge in [0.05, 0.1) is 18.3 Å². The summed E-state index contributed by atoms with van der Waals surface area (Å²) >= 11 is 0. The van der Waals surface area contributed by atoms with Gasteiger partial charge in [-0.3, -0.25) is 9.20 Å². The number of aromatic nitrogens is 3. The monoisotopic (exact) mass is 570 g/mol. The molecule has 0 saturated carbocycles. The second kappa shape index (κ2) is 10.9. The van der Waals surface area contributed by atoms with Gasteiger partial charge in [0.15, 0.2) is 17.9 Å². The Balaban J connectivity index is 1.68. The standard InChI is InChI=1S/C31H31FN6O4/c1-18-11-19(14-36(5)6)7-8-21(18)22-13-34-29(37-15-20(12-33)35-28(22)37)38(30(40)42-31(2,3)4)16-23-24(32)9-10-26-27(23)25(39)17-41-26/h7-11,13,15H,14,16-17H2,1-6H3. The Morgan fingerprint density at radius 3 is 2.62 bits per heavy atom. The molecule has 0 unspecified atom stereocenters. The minimum absolute atomic E-state index is 0.0205. The number of imidazole rings is 1. The van der Waals surface area contributed by atoms with Crippen LogP contribution in [-0.2, 0) is 17.8 Å². The van der Waals surface area contributed by atoms with Gasteiger partial charge in [-0.05, 0) is 70.6 Å². The van der Waals surface area contributed by atoms with Crippen molar-refractivity contribution < 1.29 is 23.5 Å². The average molecular weight is 571 g/mol. The lowest BCUT2D eigenvalue weighted by Gasteiger charge is -2.28. The lowest BCUT2D eigenvalue weighted by atomic mass is 10.00. The lowest BCUT2D eigenvalue weighted by Crippen LogP contribution is -2.38. The van der Waals surface area contributed by atoms with Gasteiger partial charge in [0.2, 0.25) is 11.7 Å². The van der Waals surface area contributed by atoms with Crippen LogP contribution in [0.3, 0.4) is 0 Å². The molecule has 1 amide bonds. The molecule has 0 bridgehead atoms. The van der Waals surface area contributed by atoms with Crippen LogP contribution in [0.5, 0.6) is 5.75 Å². The van der Waals surface area contributed by atoms with Crippen molar-refractivity contribution in [3.05, 3.63) is 76.5 Å². The number of Topliss-reactive ketones (excluding diaryl/α,β-unsaturated/α-hetero) is 1. The van der Waals surface area contributed by atoms with Gasteiger partial charge in [-0.1, -0.05) is 18.2 Å². The number of aryl methyl sites for hydroxylation is 1. The smallest absolute Gasteiger partial charge is 0.417 e. The summed E-state index contributed by atoms with van der Waals surface area (Å²) in [4.78, 5) is 38.6. The Labute approximate surface area is 242 Å². The van der Waals surface area contributed by atoms with Crippen molar-refractivity contribution in [1.82, 2.24) is 19.3 Å². The maximum atomic E-state index is 15.2.